The van der Waals surface area contributed by atoms with Gasteiger partial charge in [0.25, 0.3) is 0 Å². The maximum absolute atomic E-state index is 11.9. The number of hydrogen-bond donors (Lipinski definition) is 1. The number of amides is 1. The van der Waals surface area contributed by atoms with Crippen molar-refractivity contribution in [2.45, 2.75) is 51.8 Å². The van der Waals surface area contributed by atoms with Gasteiger partial charge >= 0.3 is 6.09 Å². The number of piperidine rings is 1. The second kappa shape index (κ2) is 7.42. The van der Waals surface area contributed by atoms with Crippen molar-refractivity contribution >= 4 is 22.0 Å². The van der Waals surface area contributed by atoms with Gasteiger partial charge in [0.05, 0.1) is 0 Å². The minimum absolute atomic E-state index is 0.145. The fourth-order valence-corrected chi connectivity index (χ4v) is 2.78. The zero-order valence-corrected chi connectivity index (χ0v) is 15.0. The van der Waals surface area contributed by atoms with Crippen molar-refractivity contribution in [3.8, 4) is 0 Å². The van der Waals surface area contributed by atoms with E-state index in [9.17, 15) is 4.79 Å². The molecule has 5 nitrogen and oxygen atoms in total. The molecule has 1 fully saturated rings. The molecule has 1 N–H and O–H groups in total. The molecule has 0 spiro atoms. The van der Waals surface area contributed by atoms with Gasteiger partial charge in [-0.25, -0.2) is 9.78 Å². The highest BCUT2D eigenvalue weighted by Crippen LogP contribution is 2.15. The summed E-state index contributed by atoms with van der Waals surface area (Å²) in [6.45, 7) is 8.37. The molecule has 1 aromatic rings. The SMILES string of the molecule is CC(C)(C)OC(=O)N[C@H]1CCCN(Cc2ccc(Br)nc2)C1. The minimum atomic E-state index is -0.457. The molecule has 122 valence electrons. The van der Waals surface area contributed by atoms with E-state index in [0.29, 0.717) is 0 Å². The summed E-state index contributed by atoms with van der Waals surface area (Å²) in [5.41, 5.74) is 0.725. The second-order valence-electron chi connectivity index (χ2n) is 6.71. The van der Waals surface area contributed by atoms with Crippen LogP contribution >= 0.6 is 15.9 Å². The number of carbonyl (C=O) groups is 1. The van der Waals surface area contributed by atoms with Crippen molar-refractivity contribution < 1.29 is 9.53 Å². The Hall–Kier alpha value is -1.14. The van der Waals surface area contributed by atoms with E-state index < -0.39 is 5.60 Å². The van der Waals surface area contributed by atoms with E-state index in [1.807, 2.05) is 33.0 Å². The Bertz CT molecular complexity index is 499. The number of ether oxygens (including phenoxy) is 1. The Balaban J connectivity index is 1.83. The van der Waals surface area contributed by atoms with Crippen LogP contribution in [0.4, 0.5) is 4.79 Å². The van der Waals surface area contributed by atoms with Gasteiger partial charge in [0.1, 0.15) is 10.2 Å². The molecule has 0 saturated carbocycles. The molecule has 1 atom stereocenters. The summed E-state index contributed by atoms with van der Waals surface area (Å²) in [5, 5.41) is 2.97. The first kappa shape index (κ1) is 17.2. The standard InChI is InChI=1S/C16H24BrN3O2/c1-16(2,3)22-15(21)19-13-5-4-8-20(11-13)10-12-6-7-14(17)18-9-12/h6-7,9,13H,4-5,8,10-11H2,1-3H3,(H,19,21)/t13-/m0/s1. The van der Waals surface area contributed by atoms with Crippen LogP contribution in [0.5, 0.6) is 0 Å². The molecule has 0 aliphatic carbocycles. The Kier molecular flexibility index (Phi) is 5.81. The Labute approximate surface area is 140 Å². The molecule has 1 saturated heterocycles. The van der Waals surface area contributed by atoms with Gasteiger partial charge in [-0.3, -0.25) is 4.90 Å². The van der Waals surface area contributed by atoms with Crippen molar-refractivity contribution in [1.29, 1.82) is 0 Å². The van der Waals surface area contributed by atoms with Crippen molar-refractivity contribution in [3.63, 3.8) is 0 Å². The fourth-order valence-electron chi connectivity index (χ4n) is 2.55. The molecule has 0 bridgehead atoms. The zero-order valence-electron chi connectivity index (χ0n) is 13.4. The number of carbonyl (C=O) groups excluding carboxylic acids is 1. The summed E-state index contributed by atoms with van der Waals surface area (Å²) in [6.07, 6.45) is 3.62. The van der Waals surface area contributed by atoms with Crippen LogP contribution < -0.4 is 5.32 Å². The highest BCUT2D eigenvalue weighted by atomic mass is 79.9. The molecule has 0 unspecified atom stereocenters. The Morgan fingerprint density at radius 2 is 2.27 bits per heavy atom. The lowest BCUT2D eigenvalue weighted by Crippen LogP contribution is -2.48. The molecule has 1 aromatic heterocycles. The van der Waals surface area contributed by atoms with Gasteiger partial charge in [-0.05, 0) is 67.7 Å². The summed E-state index contributed by atoms with van der Waals surface area (Å²) in [6, 6.07) is 4.17. The number of nitrogens with zero attached hydrogens (tertiary/aromatic N) is 2. The van der Waals surface area contributed by atoms with Crippen LogP contribution in [0, 0.1) is 0 Å². The van der Waals surface area contributed by atoms with Gasteiger partial charge in [0.15, 0.2) is 0 Å². The molecule has 6 heteroatoms. The number of nitrogens with one attached hydrogen (secondary N) is 1. The van der Waals surface area contributed by atoms with Gasteiger partial charge in [0.2, 0.25) is 0 Å². The summed E-state index contributed by atoms with van der Waals surface area (Å²) in [7, 11) is 0. The number of halogens is 1. The van der Waals surface area contributed by atoms with Crippen molar-refractivity contribution in [1.82, 2.24) is 15.2 Å². The average molecular weight is 370 g/mol. The van der Waals surface area contributed by atoms with Gasteiger partial charge in [-0.15, -0.1) is 0 Å². The third-order valence-electron chi connectivity index (χ3n) is 3.42. The first-order chi connectivity index (χ1) is 10.3. The summed E-state index contributed by atoms with van der Waals surface area (Å²) in [5.74, 6) is 0. The lowest BCUT2D eigenvalue weighted by molar-refractivity contribution is 0.0470. The normalized spacial score (nSPS) is 19.7. The highest BCUT2D eigenvalue weighted by Gasteiger charge is 2.24. The number of pyridine rings is 1. The van der Waals surface area contributed by atoms with Crippen LogP contribution in [0.25, 0.3) is 0 Å². The summed E-state index contributed by atoms with van der Waals surface area (Å²) >= 11 is 3.35. The van der Waals surface area contributed by atoms with Crippen LogP contribution in [0.3, 0.4) is 0 Å². The lowest BCUT2D eigenvalue weighted by Gasteiger charge is -2.33. The second-order valence-corrected chi connectivity index (χ2v) is 7.52. The van der Waals surface area contributed by atoms with Crippen LogP contribution in [0.15, 0.2) is 22.9 Å². The average Bonchev–Trinajstić information content (AvgIpc) is 2.39. The molecule has 0 radical (unpaired) electrons. The van der Waals surface area contributed by atoms with E-state index in [0.717, 1.165) is 37.1 Å². The number of likely N-dealkylation sites (tertiary alicyclic amines) is 1. The van der Waals surface area contributed by atoms with E-state index in [2.05, 4.69) is 37.2 Å². The maximum Gasteiger partial charge on any atom is 0.407 e. The molecular formula is C16H24BrN3O2. The third-order valence-corrected chi connectivity index (χ3v) is 3.89. The Morgan fingerprint density at radius 3 is 2.91 bits per heavy atom. The predicted molar refractivity (Wildman–Crippen MR) is 89.6 cm³/mol. The smallest absolute Gasteiger partial charge is 0.407 e. The van der Waals surface area contributed by atoms with E-state index in [4.69, 9.17) is 4.74 Å². The summed E-state index contributed by atoms with van der Waals surface area (Å²) < 4.78 is 6.17. The summed E-state index contributed by atoms with van der Waals surface area (Å²) in [4.78, 5) is 18.5. The lowest BCUT2D eigenvalue weighted by atomic mass is 10.1. The van der Waals surface area contributed by atoms with Gasteiger partial charge in [-0.1, -0.05) is 6.07 Å². The molecule has 2 heterocycles. The number of hydrogen-bond acceptors (Lipinski definition) is 4. The first-order valence-corrected chi connectivity index (χ1v) is 8.43. The van der Waals surface area contributed by atoms with Crippen LogP contribution in [-0.2, 0) is 11.3 Å². The minimum Gasteiger partial charge on any atom is -0.444 e. The van der Waals surface area contributed by atoms with Gasteiger partial charge in [0, 0.05) is 25.3 Å². The van der Waals surface area contributed by atoms with Crippen LogP contribution in [0.2, 0.25) is 0 Å². The van der Waals surface area contributed by atoms with Gasteiger partial charge in [-0.2, -0.15) is 0 Å². The van der Waals surface area contributed by atoms with Gasteiger partial charge < -0.3 is 10.1 Å². The van der Waals surface area contributed by atoms with E-state index in [1.165, 1.54) is 5.56 Å². The topological polar surface area (TPSA) is 54.5 Å². The maximum atomic E-state index is 11.9. The quantitative estimate of drug-likeness (QED) is 0.830. The predicted octanol–water partition coefficient (Wildman–Crippen LogP) is 3.33. The van der Waals surface area contributed by atoms with Crippen molar-refractivity contribution in [3.05, 3.63) is 28.5 Å². The molecule has 1 aliphatic heterocycles. The van der Waals surface area contributed by atoms with Crippen LogP contribution in [-0.4, -0.2) is 40.7 Å². The molecule has 22 heavy (non-hydrogen) atoms. The van der Waals surface area contributed by atoms with E-state index in [-0.39, 0.29) is 12.1 Å². The Morgan fingerprint density at radius 1 is 1.50 bits per heavy atom. The fraction of sp³-hybridized carbons (Fsp3) is 0.625. The molecule has 2 rings (SSSR count). The number of rotatable bonds is 3. The molecule has 1 aliphatic rings. The third kappa shape index (κ3) is 5.93. The molecule has 0 aromatic carbocycles. The number of alkyl carbamates (subject to hydrolysis) is 1. The van der Waals surface area contributed by atoms with E-state index >= 15 is 0 Å². The van der Waals surface area contributed by atoms with Crippen molar-refractivity contribution in [2.75, 3.05) is 13.1 Å². The van der Waals surface area contributed by atoms with E-state index in [1.54, 1.807) is 0 Å². The molecular weight excluding hydrogens is 346 g/mol. The first-order valence-electron chi connectivity index (χ1n) is 7.64. The molecule has 1 amide bonds. The van der Waals surface area contributed by atoms with Crippen molar-refractivity contribution in [2.24, 2.45) is 0 Å². The van der Waals surface area contributed by atoms with Crippen LogP contribution in [0.1, 0.15) is 39.2 Å². The zero-order chi connectivity index (χ0) is 16.2. The largest absolute Gasteiger partial charge is 0.444 e. The number of aromatic nitrogens is 1. The monoisotopic (exact) mass is 369 g/mol. The highest BCUT2D eigenvalue weighted by molar-refractivity contribution is 9.10.